The number of rotatable bonds is 12. The third-order valence-electron chi connectivity index (χ3n) is 7.14. The monoisotopic (exact) mass is 410 g/mol. The molecule has 2 heterocycles. The molecule has 30 heavy (non-hydrogen) atoms. The lowest BCUT2D eigenvalue weighted by Gasteiger charge is -2.38. The van der Waals surface area contributed by atoms with Gasteiger partial charge in [0.15, 0.2) is 0 Å². The molecule has 2 atom stereocenters. The molecule has 0 unspecified atom stereocenters. The number of fused-ring (bicyclic) bond motifs is 1. The molecule has 1 aromatic heterocycles. The molecule has 0 saturated carbocycles. The highest BCUT2D eigenvalue weighted by Gasteiger charge is 2.27. The van der Waals surface area contributed by atoms with Crippen LogP contribution in [0.4, 0.5) is 0 Å². The van der Waals surface area contributed by atoms with E-state index in [0.29, 0.717) is 0 Å². The highest BCUT2D eigenvalue weighted by atomic mass is 16.5. The number of nitrogens with zero attached hydrogens (tertiary/aromatic N) is 2. The van der Waals surface area contributed by atoms with Crippen LogP contribution in [0.1, 0.15) is 77.2 Å². The summed E-state index contributed by atoms with van der Waals surface area (Å²) in [6, 6.07) is 8.41. The summed E-state index contributed by atoms with van der Waals surface area (Å²) in [7, 11) is 1.74. The molecule has 1 fully saturated rings. The first-order valence-corrected chi connectivity index (χ1v) is 12.4. The van der Waals surface area contributed by atoms with Crippen molar-refractivity contribution < 1.29 is 4.74 Å². The Morgan fingerprint density at radius 3 is 2.70 bits per heavy atom. The standard InChI is InChI=1S/C27H42N2O/c1-4-6-7-8-9-18-29-19-16-23(22(5-2)21-29)11-10-12-24-15-17-28-27-14-13-25(30-3)20-26(24)27/h13-15,17,20,22-23H,4-12,16,18-19,21H2,1-3H3/t22-,23+/m0/s1. The van der Waals surface area contributed by atoms with Gasteiger partial charge in [0, 0.05) is 18.1 Å². The molecule has 0 bridgehead atoms. The number of hydrogen-bond donors (Lipinski definition) is 0. The summed E-state index contributed by atoms with van der Waals surface area (Å²) in [4.78, 5) is 7.28. The van der Waals surface area contributed by atoms with Crippen LogP contribution >= 0.6 is 0 Å². The SMILES string of the molecule is CCCCCCCN1CC[C@@H](CCCc2ccnc3ccc(OC)cc23)[C@@H](CC)C1. The van der Waals surface area contributed by atoms with Gasteiger partial charge in [-0.15, -0.1) is 0 Å². The first kappa shape index (κ1) is 23.1. The van der Waals surface area contributed by atoms with Crippen molar-refractivity contribution >= 4 is 10.9 Å². The second-order valence-electron chi connectivity index (χ2n) is 9.18. The van der Waals surface area contributed by atoms with E-state index in [1.54, 1.807) is 7.11 Å². The predicted molar refractivity (Wildman–Crippen MR) is 128 cm³/mol. The van der Waals surface area contributed by atoms with Crippen LogP contribution in [0.3, 0.4) is 0 Å². The van der Waals surface area contributed by atoms with Crippen molar-refractivity contribution in [3.8, 4) is 5.75 Å². The van der Waals surface area contributed by atoms with E-state index in [0.717, 1.165) is 29.5 Å². The maximum absolute atomic E-state index is 5.43. The Bertz CT molecular complexity index is 760. The quantitative estimate of drug-likeness (QED) is 0.356. The molecule has 1 aromatic carbocycles. The number of unbranched alkanes of at least 4 members (excludes halogenated alkanes) is 4. The van der Waals surface area contributed by atoms with Gasteiger partial charge in [0.25, 0.3) is 0 Å². The van der Waals surface area contributed by atoms with Gasteiger partial charge in [0.2, 0.25) is 0 Å². The number of pyridine rings is 1. The molecule has 2 aromatic rings. The number of benzene rings is 1. The van der Waals surface area contributed by atoms with Crippen LogP contribution in [0.25, 0.3) is 10.9 Å². The first-order valence-electron chi connectivity index (χ1n) is 12.4. The van der Waals surface area contributed by atoms with Gasteiger partial charge in [-0.3, -0.25) is 4.98 Å². The Hall–Kier alpha value is -1.61. The Morgan fingerprint density at radius 2 is 1.90 bits per heavy atom. The van der Waals surface area contributed by atoms with Gasteiger partial charge in [-0.2, -0.15) is 0 Å². The topological polar surface area (TPSA) is 25.4 Å². The van der Waals surface area contributed by atoms with Crippen molar-refractivity contribution in [3.05, 3.63) is 36.0 Å². The third kappa shape index (κ3) is 6.44. The van der Waals surface area contributed by atoms with E-state index in [4.69, 9.17) is 4.74 Å². The van der Waals surface area contributed by atoms with E-state index in [2.05, 4.69) is 41.9 Å². The van der Waals surface area contributed by atoms with Crippen LogP contribution < -0.4 is 4.74 Å². The highest BCUT2D eigenvalue weighted by Crippen LogP contribution is 2.31. The Balaban J connectivity index is 1.47. The molecule has 0 N–H and O–H groups in total. The first-order chi connectivity index (χ1) is 14.7. The molecular formula is C27H42N2O. The van der Waals surface area contributed by atoms with Crippen LogP contribution in [0, 0.1) is 11.8 Å². The van der Waals surface area contributed by atoms with E-state index in [-0.39, 0.29) is 0 Å². The van der Waals surface area contributed by atoms with Crippen molar-refractivity contribution in [1.82, 2.24) is 9.88 Å². The van der Waals surface area contributed by atoms with Crippen molar-refractivity contribution in [2.75, 3.05) is 26.7 Å². The van der Waals surface area contributed by atoms with Crippen molar-refractivity contribution in [2.45, 2.75) is 78.1 Å². The molecular weight excluding hydrogens is 368 g/mol. The van der Waals surface area contributed by atoms with Gasteiger partial charge in [0.1, 0.15) is 5.75 Å². The van der Waals surface area contributed by atoms with Crippen LogP contribution in [-0.2, 0) is 6.42 Å². The largest absolute Gasteiger partial charge is 0.497 e. The maximum Gasteiger partial charge on any atom is 0.119 e. The van der Waals surface area contributed by atoms with Crippen LogP contribution in [0.2, 0.25) is 0 Å². The summed E-state index contributed by atoms with van der Waals surface area (Å²) in [6.07, 6.45) is 15.4. The molecule has 0 radical (unpaired) electrons. The minimum atomic E-state index is 0.878. The smallest absolute Gasteiger partial charge is 0.119 e. The van der Waals surface area contributed by atoms with Gasteiger partial charge in [-0.1, -0.05) is 46.0 Å². The zero-order valence-electron chi connectivity index (χ0n) is 19.5. The maximum atomic E-state index is 5.43. The Kier molecular flexibility index (Phi) is 9.45. The second kappa shape index (κ2) is 12.3. The van der Waals surface area contributed by atoms with E-state index in [1.807, 2.05) is 12.3 Å². The van der Waals surface area contributed by atoms with Crippen molar-refractivity contribution in [2.24, 2.45) is 11.8 Å². The number of piperidine rings is 1. The molecule has 0 aliphatic carbocycles. The third-order valence-corrected chi connectivity index (χ3v) is 7.14. The van der Waals surface area contributed by atoms with Gasteiger partial charge in [-0.05, 0) is 86.9 Å². The molecule has 166 valence electrons. The summed E-state index contributed by atoms with van der Waals surface area (Å²) in [5.74, 6) is 2.70. The Labute approximate surface area is 184 Å². The van der Waals surface area contributed by atoms with Crippen molar-refractivity contribution in [1.29, 1.82) is 0 Å². The van der Waals surface area contributed by atoms with Gasteiger partial charge >= 0.3 is 0 Å². The molecule has 1 aliphatic heterocycles. The summed E-state index contributed by atoms with van der Waals surface area (Å²) in [6.45, 7) is 8.64. The van der Waals surface area contributed by atoms with Gasteiger partial charge < -0.3 is 9.64 Å². The van der Waals surface area contributed by atoms with E-state index in [1.165, 1.54) is 88.4 Å². The number of methoxy groups -OCH3 is 1. The molecule has 3 heteroatoms. The van der Waals surface area contributed by atoms with Crippen molar-refractivity contribution in [3.63, 3.8) is 0 Å². The summed E-state index contributed by atoms with van der Waals surface area (Å²) < 4.78 is 5.43. The minimum Gasteiger partial charge on any atom is -0.497 e. The molecule has 3 rings (SSSR count). The number of ether oxygens (including phenoxy) is 1. The summed E-state index contributed by atoms with van der Waals surface area (Å²) in [5.41, 5.74) is 2.49. The number of aromatic nitrogens is 1. The van der Waals surface area contributed by atoms with Gasteiger partial charge in [0.05, 0.1) is 12.6 Å². The minimum absolute atomic E-state index is 0.878. The average Bonchev–Trinajstić information content (AvgIpc) is 2.79. The molecule has 0 spiro atoms. The fraction of sp³-hybridized carbons (Fsp3) is 0.667. The zero-order valence-corrected chi connectivity index (χ0v) is 19.5. The normalized spacial score (nSPS) is 20.0. The van der Waals surface area contributed by atoms with E-state index in [9.17, 15) is 0 Å². The number of hydrogen-bond acceptors (Lipinski definition) is 3. The van der Waals surface area contributed by atoms with Crippen LogP contribution in [-0.4, -0.2) is 36.6 Å². The van der Waals surface area contributed by atoms with Crippen LogP contribution in [0.15, 0.2) is 30.5 Å². The van der Waals surface area contributed by atoms with Crippen LogP contribution in [0.5, 0.6) is 5.75 Å². The molecule has 3 nitrogen and oxygen atoms in total. The van der Waals surface area contributed by atoms with E-state index < -0.39 is 0 Å². The lowest BCUT2D eigenvalue weighted by molar-refractivity contribution is 0.108. The summed E-state index contributed by atoms with van der Waals surface area (Å²) >= 11 is 0. The summed E-state index contributed by atoms with van der Waals surface area (Å²) in [5, 5.41) is 1.25. The average molecular weight is 411 g/mol. The molecule has 0 amide bonds. The lowest BCUT2D eigenvalue weighted by Crippen LogP contribution is -2.40. The Morgan fingerprint density at radius 1 is 1.03 bits per heavy atom. The number of likely N-dealkylation sites (tertiary alicyclic amines) is 1. The second-order valence-corrected chi connectivity index (χ2v) is 9.18. The molecule has 1 saturated heterocycles. The van der Waals surface area contributed by atoms with Gasteiger partial charge in [-0.25, -0.2) is 0 Å². The fourth-order valence-electron chi connectivity index (χ4n) is 5.22. The predicted octanol–water partition coefficient (Wildman–Crippen LogP) is 6.88. The number of aryl methyl sites for hydroxylation is 1. The fourth-order valence-corrected chi connectivity index (χ4v) is 5.22. The zero-order chi connectivity index (χ0) is 21.2. The lowest BCUT2D eigenvalue weighted by atomic mass is 9.80. The highest BCUT2D eigenvalue weighted by molar-refractivity contribution is 5.83. The molecule has 1 aliphatic rings. The van der Waals surface area contributed by atoms with E-state index >= 15 is 0 Å².